The number of hydrogen-bond donors (Lipinski definition) is 0. The molecule has 6 heteroatoms. The molecule has 0 aromatic heterocycles. The maximum absolute atomic E-state index is 14.1. The Morgan fingerprint density at radius 3 is 2.04 bits per heavy atom. The van der Waals surface area contributed by atoms with E-state index >= 15 is 0 Å². The molecule has 0 radical (unpaired) electrons. The molecule has 1 heterocycles. The molecule has 0 bridgehead atoms. The van der Waals surface area contributed by atoms with Gasteiger partial charge in [0.2, 0.25) is 0 Å². The zero-order valence-corrected chi connectivity index (χ0v) is 25.6. The summed E-state index contributed by atoms with van der Waals surface area (Å²) in [5.74, 6) is 2.09. The standard InChI is InChI=1S/C39H33F3O3/c1-5-37(6-2)33-22-26(39(40,41)42)14-18-30(33)34-29-19-17-28(44-4)23-32(29)36-31(35(34)37)20-21-38(45-36,24-10-8-7-9-11-24)25-12-15-27(43-3)16-13-25/h7-23H,5-6H2,1-4H3. The van der Waals surface area contributed by atoms with Crippen LogP contribution in [0.2, 0.25) is 0 Å². The third kappa shape index (κ3) is 4.18. The summed E-state index contributed by atoms with van der Waals surface area (Å²) in [5.41, 5.74) is 4.05. The first-order chi connectivity index (χ1) is 21.7. The van der Waals surface area contributed by atoms with Gasteiger partial charge in [0.25, 0.3) is 0 Å². The van der Waals surface area contributed by atoms with Gasteiger partial charge in [-0.05, 0) is 89.0 Å². The molecule has 0 saturated heterocycles. The molecule has 1 aliphatic heterocycles. The molecule has 5 aromatic carbocycles. The van der Waals surface area contributed by atoms with Crippen molar-refractivity contribution in [2.75, 3.05) is 14.2 Å². The summed E-state index contributed by atoms with van der Waals surface area (Å²) in [6, 6.07) is 28.0. The fourth-order valence-corrected chi connectivity index (χ4v) is 7.48. The lowest BCUT2D eigenvalue weighted by Gasteiger charge is -2.39. The maximum Gasteiger partial charge on any atom is 0.416 e. The van der Waals surface area contributed by atoms with Gasteiger partial charge in [-0.15, -0.1) is 0 Å². The highest BCUT2D eigenvalue weighted by molar-refractivity contribution is 6.09. The van der Waals surface area contributed by atoms with Crippen LogP contribution in [0.25, 0.3) is 28.0 Å². The van der Waals surface area contributed by atoms with Crippen LogP contribution in [0.15, 0.2) is 97.1 Å². The predicted octanol–water partition coefficient (Wildman–Crippen LogP) is 10.3. The topological polar surface area (TPSA) is 27.7 Å². The van der Waals surface area contributed by atoms with E-state index in [2.05, 4.69) is 26.0 Å². The van der Waals surface area contributed by atoms with Gasteiger partial charge < -0.3 is 14.2 Å². The number of halogens is 3. The van der Waals surface area contributed by atoms with Gasteiger partial charge in [-0.3, -0.25) is 0 Å². The molecule has 0 spiro atoms. The first-order valence-electron chi connectivity index (χ1n) is 15.2. The minimum absolute atomic E-state index is 0.630. The number of benzene rings is 5. The number of rotatable bonds is 6. The SMILES string of the molecule is CCC1(CC)c2cc(C(F)(F)F)ccc2-c2c1c1c(c3cc(OC)ccc23)OC(c2ccccc2)(c2ccc(OC)cc2)C=C1. The van der Waals surface area contributed by atoms with Crippen molar-refractivity contribution in [1.29, 1.82) is 0 Å². The quantitative estimate of drug-likeness (QED) is 0.193. The summed E-state index contributed by atoms with van der Waals surface area (Å²) in [6.07, 6.45) is 1.02. The van der Waals surface area contributed by atoms with Crippen molar-refractivity contribution in [1.82, 2.24) is 0 Å². The fourth-order valence-electron chi connectivity index (χ4n) is 7.48. The summed E-state index contributed by atoms with van der Waals surface area (Å²) in [5, 5.41) is 1.76. The molecule has 45 heavy (non-hydrogen) atoms. The van der Waals surface area contributed by atoms with Crippen molar-refractivity contribution in [2.45, 2.75) is 43.9 Å². The summed E-state index contributed by atoms with van der Waals surface area (Å²) in [7, 11) is 3.26. The van der Waals surface area contributed by atoms with Gasteiger partial charge in [0.1, 0.15) is 17.2 Å². The van der Waals surface area contributed by atoms with Crippen molar-refractivity contribution >= 4 is 16.8 Å². The van der Waals surface area contributed by atoms with Crippen LogP contribution >= 0.6 is 0 Å². The van der Waals surface area contributed by atoms with Gasteiger partial charge in [-0.2, -0.15) is 13.2 Å². The van der Waals surface area contributed by atoms with Crippen LogP contribution in [-0.2, 0) is 17.2 Å². The fraction of sp³-hybridized carbons (Fsp3) is 0.231. The molecule has 7 rings (SSSR count). The highest BCUT2D eigenvalue weighted by Gasteiger charge is 2.48. The first-order valence-corrected chi connectivity index (χ1v) is 15.2. The summed E-state index contributed by atoms with van der Waals surface area (Å²) in [4.78, 5) is 0. The van der Waals surface area contributed by atoms with E-state index in [-0.39, 0.29) is 0 Å². The second kappa shape index (κ2) is 10.4. The van der Waals surface area contributed by atoms with E-state index < -0.39 is 22.8 Å². The van der Waals surface area contributed by atoms with Gasteiger partial charge in [0.05, 0.1) is 19.8 Å². The number of fused-ring (bicyclic) bond motifs is 8. The monoisotopic (exact) mass is 606 g/mol. The molecule has 1 unspecified atom stereocenters. The number of alkyl halides is 3. The third-order valence-corrected chi connectivity index (χ3v) is 9.79. The smallest absolute Gasteiger partial charge is 0.416 e. The Kier molecular flexibility index (Phi) is 6.73. The van der Waals surface area contributed by atoms with Crippen LogP contribution in [0.3, 0.4) is 0 Å². The maximum atomic E-state index is 14.1. The average Bonchev–Trinajstić information content (AvgIpc) is 3.38. The lowest BCUT2D eigenvalue weighted by Crippen LogP contribution is -2.35. The molecule has 0 N–H and O–H groups in total. The second-order valence-corrected chi connectivity index (χ2v) is 11.7. The van der Waals surface area contributed by atoms with Crippen LogP contribution < -0.4 is 14.2 Å². The second-order valence-electron chi connectivity index (χ2n) is 11.7. The van der Waals surface area contributed by atoms with Crippen molar-refractivity contribution in [3.05, 3.63) is 130 Å². The van der Waals surface area contributed by atoms with Crippen molar-refractivity contribution in [3.63, 3.8) is 0 Å². The highest BCUT2D eigenvalue weighted by atomic mass is 19.4. The summed E-state index contributed by atoms with van der Waals surface area (Å²) >= 11 is 0. The van der Waals surface area contributed by atoms with E-state index in [4.69, 9.17) is 14.2 Å². The summed E-state index contributed by atoms with van der Waals surface area (Å²) in [6.45, 7) is 4.12. The average molecular weight is 607 g/mol. The Bertz CT molecular complexity index is 1960. The molecule has 3 nitrogen and oxygen atoms in total. The largest absolute Gasteiger partial charge is 0.497 e. The van der Waals surface area contributed by atoms with Crippen molar-refractivity contribution < 1.29 is 27.4 Å². The molecule has 5 aromatic rings. The Balaban J connectivity index is 1.57. The minimum Gasteiger partial charge on any atom is -0.497 e. The molecular formula is C39H33F3O3. The molecule has 1 atom stereocenters. The highest BCUT2D eigenvalue weighted by Crippen LogP contribution is 2.61. The first kappa shape index (κ1) is 29.0. The van der Waals surface area contributed by atoms with Gasteiger partial charge in [-0.25, -0.2) is 0 Å². The number of methoxy groups -OCH3 is 2. The van der Waals surface area contributed by atoms with E-state index in [1.54, 1.807) is 20.3 Å². The zero-order valence-electron chi connectivity index (χ0n) is 25.6. The van der Waals surface area contributed by atoms with Gasteiger partial charge >= 0.3 is 6.18 Å². The third-order valence-electron chi connectivity index (χ3n) is 9.79. The van der Waals surface area contributed by atoms with Crippen LogP contribution in [0, 0.1) is 0 Å². The van der Waals surface area contributed by atoms with Gasteiger partial charge in [0, 0.05) is 27.5 Å². The van der Waals surface area contributed by atoms with Crippen molar-refractivity contribution in [2.24, 2.45) is 0 Å². The van der Waals surface area contributed by atoms with Crippen LogP contribution in [0.5, 0.6) is 17.2 Å². The van der Waals surface area contributed by atoms with Crippen LogP contribution in [-0.4, -0.2) is 14.2 Å². The van der Waals surface area contributed by atoms with Crippen molar-refractivity contribution in [3.8, 4) is 28.4 Å². The predicted molar refractivity (Wildman–Crippen MR) is 172 cm³/mol. The molecule has 0 saturated carbocycles. The normalized spacial score (nSPS) is 17.8. The van der Waals surface area contributed by atoms with E-state index in [1.807, 2.05) is 72.8 Å². The molecule has 2 aliphatic rings. The Morgan fingerprint density at radius 1 is 0.733 bits per heavy atom. The van der Waals surface area contributed by atoms with Gasteiger partial charge in [0.15, 0.2) is 5.60 Å². The van der Waals surface area contributed by atoms with E-state index in [0.29, 0.717) is 29.9 Å². The molecule has 1 aliphatic carbocycles. The molecule has 0 fully saturated rings. The van der Waals surface area contributed by atoms with Gasteiger partial charge in [-0.1, -0.05) is 68.5 Å². The van der Waals surface area contributed by atoms with E-state index in [1.165, 1.54) is 12.1 Å². The molecule has 0 amide bonds. The van der Waals surface area contributed by atoms with Crippen LogP contribution in [0.1, 0.15) is 60.1 Å². The Morgan fingerprint density at radius 2 is 1.40 bits per heavy atom. The zero-order chi connectivity index (χ0) is 31.6. The number of ether oxygens (including phenoxy) is 3. The van der Waals surface area contributed by atoms with E-state index in [9.17, 15) is 13.2 Å². The van der Waals surface area contributed by atoms with E-state index in [0.717, 1.165) is 49.9 Å². The lowest BCUT2D eigenvalue weighted by molar-refractivity contribution is -0.137. The minimum atomic E-state index is -4.44. The Labute approximate surface area is 260 Å². The molecular weight excluding hydrogens is 573 g/mol. The molecule has 228 valence electrons. The summed E-state index contributed by atoms with van der Waals surface area (Å²) < 4.78 is 60.6. The number of hydrogen-bond acceptors (Lipinski definition) is 3. The lowest BCUT2D eigenvalue weighted by atomic mass is 9.71. The van der Waals surface area contributed by atoms with Crippen LogP contribution in [0.4, 0.5) is 13.2 Å². The Hall–Kier alpha value is -4.71.